The van der Waals surface area contributed by atoms with Crippen molar-refractivity contribution in [1.29, 1.82) is 0 Å². The predicted octanol–water partition coefficient (Wildman–Crippen LogP) is 0.847. The largest absolute Gasteiger partial charge is 0.317 e. The van der Waals surface area contributed by atoms with Crippen LogP contribution in [0.25, 0.3) is 0 Å². The summed E-state index contributed by atoms with van der Waals surface area (Å²) in [6.07, 6.45) is 5.07. The third-order valence-electron chi connectivity index (χ3n) is 3.33. The van der Waals surface area contributed by atoms with Crippen molar-refractivity contribution in [1.82, 2.24) is 10.3 Å². The Bertz CT molecular complexity index is 469. The number of aromatic nitrogens is 1. The van der Waals surface area contributed by atoms with Crippen molar-refractivity contribution in [2.24, 2.45) is 5.92 Å². The van der Waals surface area contributed by atoms with Crippen molar-refractivity contribution >= 4 is 15.7 Å². The molecule has 0 saturated carbocycles. The minimum Gasteiger partial charge on any atom is -0.317 e. The molecule has 6 heteroatoms. The van der Waals surface area contributed by atoms with Crippen molar-refractivity contribution in [3.8, 4) is 0 Å². The zero-order valence-corrected chi connectivity index (χ0v) is 11.4. The van der Waals surface area contributed by atoms with Crippen LogP contribution in [0.3, 0.4) is 0 Å². The van der Waals surface area contributed by atoms with Crippen molar-refractivity contribution in [2.75, 3.05) is 30.2 Å². The normalized spacial score (nSPS) is 17.6. The van der Waals surface area contributed by atoms with E-state index < -0.39 is 10.0 Å². The van der Waals surface area contributed by atoms with E-state index in [1.807, 2.05) is 0 Å². The number of piperidine rings is 1. The molecule has 0 aliphatic carbocycles. The molecule has 2 rings (SSSR count). The average Bonchev–Trinajstić information content (AvgIpc) is 2.39. The average molecular weight is 269 g/mol. The fraction of sp³-hybridized carbons (Fsp3) is 0.583. The summed E-state index contributed by atoms with van der Waals surface area (Å²) in [5, 5.41) is 3.24. The van der Waals surface area contributed by atoms with Crippen LogP contribution in [-0.2, 0) is 10.0 Å². The van der Waals surface area contributed by atoms with Gasteiger partial charge in [0.25, 0.3) is 0 Å². The van der Waals surface area contributed by atoms with Crippen LogP contribution in [0.5, 0.6) is 0 Å². The summed E-state index contributed by atoms with van der Waals surface area (Å²) in [7, 11) is -1.66. The van der Waals surface area contributed by atoms with Gasteiger partial charge in [0.05, 0.1) is 17.6 Å². The van der Waals surface area contributed by atoms with Crippen LogP contribution in [0, 0.1) is 5.92 Å². The summed E-state index contributed by atoms with van der Waals surface area (Å²) >= 11 is 0. The molecule has 100 valence electrons. The highest BCUT2D eigenvalue weighted by atomic mass is 32.2. The molecule has 0 bridgehead atoms. The molecule has 1 aliphatic heterocycles. The van der Waals surface area contributed by atoms with Gasteiger partial charge in [0, 0.05) is 13.2 Å². The monoisotopic (exact) mass is 269 g/mol. The fourth-order valence-corrected chi connectivity index (χ4v) is 3.74. The lowest BCUT2D eigenvalue weighted by atomic mass is 10.0. The summed E-state index contributed by atoms with van der Waals surface area (Å²) < 4.78 is 25.9. The Hall–Kier alpha value is -1.14. The number of pyridine rings is 1. The molecule has 0 unspecified atom stereocenters. The molecule has 18 heavy (non-hydrogen) atoms. The highest BCUT2D eigenvalue weighted by Crippen LogP contribution is 2.20. The van der Waals surface area contributed by atoms with Crippen LogP contribution in [-0.4, -0.2) is 39.3 Å². The number of hydrogen-bond acceptors (Lipinski definition) is 4. The van der Waals surface area contributed by atoms with Gasteiger partial charge in [0.15, 0.2) is 0 Å². The third-order valence-corrected chi connectivity index (χ3v) is 5.27. The topological polar surface area (TPSA) is 62.3 Å². The number of anilines is 1. The van der Waals surface area contributed by atoms with Crippen LogP contribution in [0.4, 0.5) is 5.69 Å². The van der Waals surface area contributed by atoms with Gasteiger partial charge in [0.1, 0.15) is 0 Å². The Kier molecular flexibility index (Phi) is 4.19. The Balaban J connectivity index is 2.06. The maximum absolute atomic E-state index is 12.3. The van der Waals surface area contributed by atoms with Gasteiger partial charge in [-0.1, -0.05) is 0 Å². The van der Waals surface area contributed by atoms with Crippen LogP contribution in [0.2, 0.25) is 0 Å². The van der Waals surface area contributed by atoms with Gasteiger partial charge in [-0.15, -0.1) is 0 Å². The molecule has 2 heterocycles. The maximum Gasteiger partial charge on any atom is 0.235 e. The van der Waals surface area contributed by atoms with Crippen LogP contribution in [0.1, 0.15) is 12.8 Å². The molecular weight excluding hydrogens is 250 g/mol. The second kappa shape index (κ2) is 5.67. The van der Waals surface area contributed by atoms with Gasteiger partial charge in [-0.25, -0.2) is 8.42 Å². The smallest absolute Gasteiger partial charge is 0.235 e. The molecular formula is C12H19N3O2S. The van der Waals surface area contributed by atoms with Crippen molar-refractivity contribution in [3.63, 3.8) is 0 Å². The standard InChI is InChI=1S/C12H19N3O2S/c1-15(12-3-2-6-14-9-12)18(16,17)10-11-4-7-13-8-5-11/h2-3,6,9,11,13H,4-5,7-8,10H2,1H3. The first kappa shape index (κ1) is 13.3. The number of hydrogen-bond donors (Lipinski definition) is 1. The van der Waals surface area contributed by atoms with Gasteiger partial charge in [-0.05, 0) is 44.0 Å². The van der Waals surface area contributed by atoms with Gasteiger partial charge < -0.3 is 5.32 Å². The minimum absolute atomic E-state index is 0.222. The Morgan fingerprint density at radius 3 is 2.78 bits per heavy atom. The zero-order chi connectivity index (χ0) is 13.0. The molecule has 0 aromatic carbocycles. The minimum atomic E-state index is -3.25. The Labute approximate surface area is 108 Å². The van der Waals surface area contributed by atoms with E-state index in [1.54, 1.807) is 31.6 Å². The van der Waals surface area contributed by atoms with E-state index in [2.05, 4.69) is 10.3 Å². The van der Waals surface area contributed by atoms with Crippen molar-refractivity contribution in [3.05, 3.63) is 24.5 Å². The van der Waals surface area contributed by atoms with E-state index in [0.717, 1.165) is 25.9 Å². The third kappa shape index (κ3) is 3.20. The second-order valence-corrected chi connectivity index (χ2v) is 6.70. The summed E-state index contributed by atoms with van der Waals surface area (Å²) in [6, 6.07) is 3.50. The lowest BCUT2D eigenvalue weighted by Crippen LogP contribution is -2.36. The lowest BCUT2D eigenvalue weighted by Gasteiger charge is -2.26. The van der Waals surface area contributed by atoms with Crippen LogP contribution in [0.15, 0.2) is 24.5 Å². The highest BCUT2D eigenvalue weighted by molar-refractivity contribution is 7.92. The molecule has 0 spiro atoms. The zero-order valence-electron chi connectivity index (χ0n) is 10.5. The number of nitrogens with zero attached hydrogens (tertiary/aromatic N) is 2. The molecule has 5 nitrogen and oxygen atoms in total. The summed E-state index contributed by atoms with van der Waals surface area (Å²) in [4.78, 5) is 3.95. The van der Waals surface area contributed by atoms with Gasteiger partial charge >= 0.3 is 0 Å². The van der Waals surface area contributed by atoms with Gasteiger partial charge in [0.2, 0.25) is 10.0 Å². The van der Waals surface area contributed by atoms with E-state index in [9.17, 15) is 8.42 Å². The lowest BCUT2D eigenvalue weighted by molar-refractivity contribution is 0.401. The molecule has 0 atom stereocenters. The number of rotatable bonds is 4. The molecule has 1 fully saturated rings. The summed E-state index contributed by atoms with van der Waals surface area (Å²) in [6.45, 7) is 1.83. The second-order valence-electron chi connectivity index (χ2n) is 4.65. The van der Waals surface area contributed by atoms with E-state index in [-0.39, 0.29) is 11.7 Å². The first-order valence-electron chi connectivity index (χ1n) is 6.17. The first-order chi connectivity index (χ1) is 8.59. The molecule has 1 aromatic heterocycles. The molecule has 1 aromatic rings. The summed E-state index contributed by atoms with van der Waals surface area (Å²) in [5.41, 5.74) is 0.617. The number of sulfonamides is 1. The Morgan fingerprint density at radius 1 is 1.44 bits per heavy atom. The maximum atomic E-state index is 12.3. The summed E-state index contributed by atoms with van der Waals surface area (Å²) in [5.74, 6) is 0.482. The Morgan fingerprint density at radius 2 is 2.17 bits per heavy atom. The van der Waals surface area contributed by atoms with Crippen LogP contribution >= 0.6 is 0 Å². The number of nitrogens with one attached hydrogen (secondary N) is 1. The molecule has 1 aliphatic rings. The quantitative estimate of drug-likeness (QED) is 0.880. The van der Waals surface area contributed by atoms with Gasteiger partial charge in [-0.2, -0.15) is 0 Å². The molecule has 1 N–H and O–H groups in total. The van der Waals surface area contributed by atoms with E-state index >= 15 is 0 Å². The first-order valence-corrected chi connectivity index (χ1v) is 7.78. The van der Waals surface area contributed by atoms with E-state index in [1.165, 1.54) is 4.31 Å². The highest BCUT2D eigenvalue weighted by Gasteiger charge is 2.25. The molecule has 1 saturated heterocycles. The fourth-order valence-electron chi connectivity index (χ4n) is 2.16. The van der Waals surface area contributed by atoms with Gasteiger partial charge in [-0.3, -0.25) is 9.29 Å². The van der Waals surface area contributed by atoms with E-state index in [4.69, 9.17) is 0 Å². The SMILES string of the molecule is CN(c1cccnc1)S(=O)(=O)CC1CCNCC1. The van der Waals surface area contributed by atoms with Crippen molar-refractivity contribution in [2.45, 2.75) is 12.8 Å². The van der Waals surface area contributed by atoms with Crippen molar-refractivity contribution < 1.29 is 8.42 Å². The molecule has 0 radical (unpaired) electrons. The van der Waals surface area contributed by atoms with Crippen LogP contribution < -0.4 is 9.62 Å². The molecule has 0 amide bonds. The van der Waals surface area contributed by atoms with E-state index in [0.29, 0.717) is 5.69 Å². The predicted molar refractivity (Wildman–Crippen MR) is 72.0 cm³/mol.